The van der Waals surface area contributed by atoms with Crippen LogP contribution >= 0.6 is 11.8 Å². The van der Waals surface area contributed by atoms with Gasteiger partial charge in [0.25, 0.3) is 0 Å². The van der Waals surface area contributed by atoms with Crippen molar-refractivity contribution in [1.82, 2.24) is 14.9 Å². The van der Waals surface area contributed by atoms with E-state index in [0.717, 1.165) is 17.3 Å². The van der Waals surface area contributed by atoms with E-state index in [0.29, 0.717) is 16.7 Å². The summed E-state index contributed by atoms with van der Waals surface area (Å²) in [5.74, 6) is 5.77. The minimum Gasteiger partial charge on any atom is -0.465 e. The zero-order chi connectivity index (χ0) is 19.2. The molecule has 27 heavy (non-hydrogen) atoms. The van der Waals surface area contributed by atoms with Crippen molar-refractivity contribution in [3.05, 3.63) is 60.2 Å². The van der Waals surface area contributed by atoms with E-state index >= 15 is 0 Å². The van der Waals surface area contributed by atoms with Crippen LogP contribution < -0.4 is 11.2 Å². The van der Waals surface area contributed by atoms with Gasteiger partial charge in [-0.3, -0.25) is 4.79 Å². The second-order valence-electron chi connectivity index (χ2n) is 5.42. The molecule has 3 aromatic rings. The van der Waals surface area contributed by atoms with Gasteiger partial charge in [-0.2, -0.15) is 0 Å². The van der Waals surface area contributed by atoms with Gasteiger partial charge in [-0.15, -0.1) is 10.2 Å². The van der Waals surface area contributed by atoms with Crippen LogP contribution in [-0.2, 0) is 9.53 Å². The summed E-state index contributed by atoms with van der Waals surface area (Å²) in [4.78, 5) is 24.0. The first-order valence-electron chi connectivity index (χ1n) is 7.96. The molecule has 0 bridgehead atoms. The van der Waals surface area contributed by atoms with Crippen molar-refractivity contribution in [2.24, 2.45) is 0 Å². The molecule has 0 unspecified atom stereocenters. The molecule has 1 amide bonds. The molecule has 0 saturated carbocycles. The predicted octanol–water partition coefficient (Wildman–Crippen LogP) is 2.18. The Kier molecular flexibility index (Phi) is 5.72. The van der Waals surface area contributed by atoms with Gasteiger partial charge in [0.2, 0.25) is 11.1 Å². The van der Waals surface area contributed by atoms with E-state index in [1.54, 1.807) is 24.3 Å². The smallest absolute Gasteiger partial charge is 0.339 e. The third-order valence-electron chi connectivity index (χ3n) is 3.64. The molecule has 0 radical (unpaired) electrons. The van der Waals surface area contributed by atoms with Gasteiger partial charge < -0.3 is 15.9 Å². The first-order chi connectivity index (χ1) is 13.1. The van der Waals surface area contributed by atoms with Gasteiger partial charge in [0.1, 0.15) is 0 Å². The number of carbonyl (C=O) groups is 2. The largest absolute Gasteiger partial charge is 0.465 e. The highest BCUT2D eigenvalue weighted by atomic mass is 32.2. The van der Waals surface area contributed by atoms with Crippen molar-refractivity contribution in [1.29, 1.82) is 0 Å². The van der Waals surface area contributed by atoms with Gasteiger partial charge in [-0.05, 0) is 12.1 Å². The van der Waals surface area contributed by atoms with Crippen LogP contribution in [0.25, 0.3) is 11.4 Å². The second-order valence-corrected chi connectivity index (χ2v) is 6.36. The van der Waals surface area contributed by atoms with Crippen LogP contribution in [0.2, 0.25) is 0 Å². The highest BCUT2D eigenvalue weighted by Gasteiger charge is 2.16. The van der Waals surface area contributed by atoms with Crippen LogP contribution in [0.4, 0.5) is 5.69 Å². The van der Waals surface area contributed by atoms with Crippen molar-refractivity contribution in [2.45, 2.75) is 5.16 Å². The lowest BCUT2D eigenvalue weighted by Gasteiger charge is -2.09. The van der Waals surface area contributed by atoms with E-state index < -0.39 is 5.97 Å². The Hall–Kier alpha value is -3.33. The SMILES string of the molecule is COC(=O)c1ccccc1NC(=O)CSc1nnc(-c2ccccc2)n1N. The van der Waals surface area contributed by atoms with Gasteiger partial charge >= 0.3 is 5.97 Å². The molecular formula is C18H17N5O3S. The molecule has 3 N–H and O–H groups in total. The van der Waals surface area contributed by atoms with E-state index in [4.69, 9.17) is 10.6 Å². The molecular weight excluding hydrogens is 366 g/mol. The highest BCUT2D eigenvalue weighted by molar-refractivity contribution is 7.99. The zero-order valence-electron chi connectivity index (χ0n) is 14.5. The molecule has 0 saturated heterocycles. The third kappa shape index (κ3) is 4.26. The number of nitrogen functional groups attached to an aromatic ring is 1. The fourth-order valence-corrected chi connectivity index (χ4v) is 3.01. The topological polar surface area (TPSA) is 112 Å². The Bertz CT molecular complexity index is 959. The number of hydrogen-bond acceptors (Lipinski definition) is 7. The second kappa shape index (κ2) is 8.37. The number of aromatic nitrogens is 3. The number of carbonyl (C=O) groups excluding carboxylic acids is 2. The van der Waals surface area contributed by atoms with Gasteiger partial charge in [0, 0.05) is 5.56 Å². The molecule has 8 nitrogen and oxygen atoms in total. The number of hydrogen-bond donors (Lipinski definition) is 2. The number of nitrogens with zero attached hydrogens (tertiary/aromatic N) is 3. The summed E-state index contributed by atoms with van der Waals surface area (Å²) in [7, 11) is 1.29. The number of anilines is 1. The molecule has 138 valence electrons. The molecule has 2 aromatic carbocycles. The molecule has 9 heteroatoms. The van der Waals surface area contributed by atoms with Crippen LogP contribution in [0.3, 0.4) is 0 Å². The summed E-state index contributed by atoms with van der Waals surface area (Å²) in [5.41, 5.74) is 1.50. The van der Waals surface area contributed by atoms with Crippen molar-refractivity contribution >= 4 is 29.3 Å². The number of esters is 1. The number of thioether (sulfide) groups is 1. The van der Waals surface area contributed by atoms with Gasteiger partial charge in [0.05, 0.1) is 24.1 Å². The number of rotatable bonds is 6. The summed E-state index contributed by atoms with van der Waals surface area (Å²) in [6.07, 6.45) is 0. The van der Waals surface area contributed by atoms with E-state index in [9.17, 15) is 9.59 Å². The zero-order valence-corrected chi connectivity index (χ0v) is 15.3. The third-order valence-corrected chi connectivity index (χ3v) is 4.58. The number of nitrogens with two attached hydrogens (primary N) is 1. The van der Waals surface area contributed by atoms with E-state index in [2.05, 4.69) is 15.5 Å². The molecule has 3 rings (SSSR count). The average Bonchev–Trinajstić information content (AvgIpc) is 3.07. The minimum atomic E-state index is -0.521. The molecule has 0 aliphatic carbocycles. The number of ether oxygens (including phenoxy) is 1. The predicted molar refractivity (Wildman–Crippen MR) is 103 cm³/mol. The Morgan fingerprint density at radius 1 is 1.11 bits per heavy atom. The number of para-hydroxylation sites is 1. The summed E-state index contributed by atoms with van der Waals surface area (Å²) in [6.45, 7) is 0. The molecule has 0 aliphatic heterocycles. The molecule has 1 heterocycles. The van der Waals surface area contributed by atoms with Crippen molar-refractivity contribution < 1.29 is 14.3 Å². The van der Waals surface area contributed by atoms with Crippen LogP contribution in [0.5, 0.6) is 0 Å². The lowest BCUT2D eigenvalue weighted by atomic mass is 10.2. The Morgan fingerprint density at radius 3 is 2.56 bits per heavy atom. The van der Waals surface area contributed by atoms with E-state index in [1.165, 1.54) is 11.8 Å². The molecule has 1 aromatic heterocycles. The van der Waals surface area contributed by atoms with Crippen LogP contribution in [0, 0.1) is 0 Å². The fraction of sp³-hybridized carbons (Fsp3) is 0.111. The monoisotopic (exact) mass is 383 g/mol. The molecule has 0 atom stereocenters. The minimum absolute atomic E-state index is 0.0552. The summed E-state index contributed by atoms with van der Waals surface area (Å²) in [5, 5.41) is 11.2. The van der Waals surface area contributed by atoms with Crippen molar-refractivity contribution in [2.75, 3.05) is 24.0 Å². The number of nitrogens with one attached hydrogen (secondary N) is 1. The van der Waals surface area contributed by atoms with Crippen molar-refractivity contribution in [3.63, 3.8) is 0 Å². The van der Waals surface area contributed by atoms with E-state index in [-0.39, 0.29) is 17.2 Å². The number of amides is 1. The first kappa shape index (κ1) is 18.5. The average molecular weight is 383 g/mol. The summed E-state index contributed by atoms with van der Waals surface area (Å²) < 4.78 is 6.06. The van der Waals surface area contributed by atoms with Crippen LogP contribution in [0.1, 0.15) is 10.4 Å². The Morgan fingerprint density at radius 2 is 1.81 bits per heavy atom. The van der Waals surface area contributed by atoms with Crippen molar-refractivity contribution in [3.8, 4) is 11.4 Å². The maximum absolute atomic E-state index is 12.3. The fourth-order valence-electron chi connectivity index (χ4n) is 2.36. The molecule has 0 fully saturated rings. The maximum Gasteiger partial charge on any atom is 0.339 e. The molecule has 0 aliphatic rings. The molecule has 0 spiro atoms. The highest BCUT2D eigenvalue weighted by Crippen LogP contribution is 2.22. The lowest BCUT2D eigenvalue weighted by Crippen LogP contribution is -2.18. The summed E-state index contributed by atoms with van der Waals surface area (Å²) >= 11 is 1.15. The maximum atomic E-state index is 12.3. The Labute approximate surface area is 159 Å². The van der Waals surface area contributed by atoms with E-state index in [1.807, 2.05) is 30.3 Å². The van der Waals surface area contributed by atoms with Crippen LogP contribution in [-0.4, -0.2) is 39.6 Å². The number of benzene rings is 2. The summed E-state index contributed by atoms with van der Waals surface area (Å²) in [6, 6.07) is 16.0. The first-order valence-corrected chi connectivity index (χ1v) is 8.94. The van der Waals surface area contributed by atoms with Gasteiger partial charge in [-0.25, -0.2) is 9.47 Å². The number of methoxy groups -OCH3 is 1. The normalized spacial score (nSPS) is 10.4. The van der Waals surface area contributed by atoms with Crippen LogP contribution in [0.15, 0.2) is 59.8 Å². The quantitative estimate of drug-likeness (QED) is 0.381. The van der Waals surface area contributed by atoms with Gasteiger partial charge in [0.15, 0.2) is 5.82 Å². The Balaban J connectivity index is 1.66. The standard InChI is InChI=1S/C18H17N5O3S/c1-26-17(25)13-9-5-6-10-14(13)20-15(24)11-27-18-22-21-16(23(18)19)12-7-3-2-4-8-12/h2-10H,11,19H2,1H3,(H,20,24). The lowest BCUT2D eigenvalue weighted by molar-refractivity contribution is -0.113. The van der Waals surface area contributed by atoms with Gasteiger partial charge in [-0.1, -0.05) is 54.2 Å².